The molecule has 2 rings (SSSR count). The quantitative estimate of drug-likeness (QED) is 0.812. The summed E-state index contributed by atoms with van der Waals surface area (Å²) in [4.78, 5) is 11.8. The van der Waals surface area contributed by atoms with Crippen LogP contribution in [0.25, 0.3) is 12.2 Å². The van der Waals surface area contributed by atoms with E-state index in [0.29, 0.717) is 16.6 Å². The average molecular weight is 324 g/mol. The second-order valence-electron chi connectivity index (χ2n) is 4.17. The molecular formula is C13H16N4O2S2. The molecule has 112 valence electrons. The summed E-state index contributed by atoms with van der Waals surface area (Å²) in [6.45, 7) is 0. The Morgan fingerprint density at radius 2 is 2.43 bits per heavy atom. The van der Waals surface area contributed by atoms with E-state index in [2.05, 4.69) is 15.5 Å². The molecule has 0 saturated heterocycles. The van der Waals surface area contributed by atoms with E-state index in [0.717, 1.165) is 11.5 Å². The Bertz CT molecular complexity index is 595. The molecule has 2 aromatic rings. The van der Waals surface area contributed by atoms with Gasteiger partial charge in [0.15, 0.2) is 0 Å². The van der Waals surface area contributed by atoms with Crippen LogP contribution in [0.15, 0.2) is 22.8 Å². The molecule has 1 unspecified atom stereocenters. The molecule has 0 spiro atoms. The van der Waals surface area contributed by atoms with Gasteiger partial charge in [-0.15, -0.1) is 10.2 Å². The van der Waals surface area contributed by atoms with Crippen LogP contribution in [0, 0.1) is 0 Å². The standard InChI is InChI=1S/C13H16N4O2S2/c1-20-8-6-10(14)12(18)15-13-17-16-11(21-13)5-4-9-3-2-7-19-9/h2-5,7,10H,6,8,14H2,1H3,(H,15,17,18)/b5-4+. The molecule has 3 N–H and O–H groups in total. The summed E-state index contributed by atoms with van der Waals surface area (Å²) in [7, 11) is 0. The van der Waals surface area contributed by atoms with Crippen molar-refractivity contribution < 1.29 is 9.21 Å². The van der Waals surface area contributed by atoms with E-state index < -0.39 is 6.04 Å². The minimum atomic E-state index is -0.525. The number of carbonyl (C=O) groups is 1. The maximum atomic E-state index is 11.8. The lowest BCUT2D eigenvalue weighted by molar-refractivity contribution is -0.117. The molecule has 21 heavy (non-hydrogen) atoms. The van der Waals surface area contributed by atoms with Gasteiger partial charge in [0.25, 0.3) is 0 Å². The van der Waals surface area contributed by atoms with Gasteiger partial charge in [-0.25, -0.2) is 0 Å². The van der Waals surface area contributed by atoms with Crippen molar-refractivity contribution in [2.24, 2.45) is 5.73 Å². The molecule has 1 amide bonds. The monoisotopic (exact) mass is 324 g/mol. The summed E-state index contributed by atoms with van der Waals surface area (Å²) in [5.74, 6) is 1.35. The molecule has 2 heterocycles. The van der Waals surface area contributed by atoms with Gasteiger partial charge in [0.05, 0.1) is 12.3 Å². The third-order valence-corrected chi connectivity index (χ3v) is 4.02. The van der Waals surface area contributed by atoms with E-state index in [1.165, 1.54) is 11.3 Å². The third-order valence-electron chi connectivity index (χ3n) is 2.57. The van der Waals surface area contributed by atoms with Crippen LogP contribution in [0.3, 0.4) is 0 Å². The molecule has 2 aromatic heterocycles. The van der Waals surface area contributed by atoms with Crippen molar-refractivity contribution in [1.82, 2.24) is 10.2 Å². The lowest BCUT2D eigenvalue weighted by Crippen LogP contribution is -2.36. The number of carbonyl (C=O) groups excluding carboxylic acids is 1. The molecule has 0 aliphatic carbocycles. The van der Waals surface area contributed by atoms with E-state index in [9.17, 15) is 4.79 Å². The fraction of sp³-hybridized carbons (Fsp3) is 0.308. The summed E-state index contributed by atoms with van der Waals surface area (Å²) in [6, 6.07) is 3.12. The number of furan rings is 1. The highest BCUT2D eigenvalue weighted by Crippen LogP contribution is 2.18. The van der Waals surface area contributed by atoms with E-state index in [1.54, 1.807) is 36.2 Å². The fourth-order valence-corrected chi connectivity index (χ4v) is 2.60. The molecule has 0 saturated carbocycles. The van der Waals surface area contributed by atoms with E-state index >= 15 is 0 Å². The maximum Gasteiger partial charge on any atom is 0.243 e. The van der Waals surface area contributed by atoms with E-state index in [4.69, 9.17) is 10.2 Å². The van der Waals surface area contributed by atoms with Crippen LogP contribution in [0.4, 0.5) is 5.13 Å². The van der Waals surface area contributed by atoms with Gasteiger partial charge in [0, 0.05) is 0 Å². The maximum absolute atomic E-state index is 11.8. The summed E-state index contributed by atoms with van der Waals surface area (Å²) < 4.78 is 5.18. The molecule has 0 aromatic carbocycles. The van der Waals surface area contributed by atoms with Gasteiger partial charge in [-0.05, 0) is 42.7 Å². The highest BCUT2D eigenvalue weighted by molar-refractivity contribution is 7.98. The summed E-state index contributed by atoms with van der Waals surface area (Å²) >= 11 is 2.94. The number of rotatable bonds is 7. The van der Waals surface area contributed by atoms with Crippen LogP contribution < -0.4 is 11.1 Å². The molecule has 0 fully saturated rings. The molecule has 6 nitrogen and oxygen atoms in total. The molecule has 0 aliphatic rings. The highest BCUT2D eigenvalue weighted by Gasteiger charge is 2.14. The van der Waals surface area contributed by atoms with Crippen molar-refractivity contribution in [3.8, 4) is 0 Å². The summed E-state index contributed by atoms with van der Waals surface area (Å²) in [5, 5.41) is 11.7. The fourth-order valence-electron chi connectivity index (χ4n) is 1.47. The number of aromatic nitrogens is 2. The Morgan fingerprint density at radius 3 is 3.14 bits per heavy atom. The Balaban J connectivity index is 1.89. The topological polar surface area (TPSA) is 94.0 Å². The molecule has 8 heteroatoms. The Hall–Kier alpha value is -1.64. The van der Waals surface area contributed by atoms with Gasteiger partial charge < -0.3 is 10.2 Å². The average Bonchev–Trinajstić information content (AvgIpc) is 3.13. The summed E-state index contributed by atoms with van der Waals surface area (Å²) in [5.41, 5.74) is 5.79. The van der Waals surface area contributed by atoms with Crippen molar-refractivity contribution in [3.05, 3.63) is 29.2 Å². The Morgan fingerprint density at radius 1 is 1.57 bits per heavy atom. The van der Waals surface area contributed by atoms with Crippen molar-refractivity contribution in [1.29, 1.82) is 0 Å². The largest absolute Gasteiger partial charge is 0.465 e. The van der Waals surface area contributed by atoms with Crippen LogP contribution >= 0.6 is 23.1 Å². The van der Waals surface area contributed by atoms with Gasteiger partial charge >= 0.3 is 0 Å². The number of anilines is 1. The van der Waals surface area contributed by atoms with Gasteiger partial charge in [-0.3, -0.25) is 10.1 Å². The first-order chi connectivity index (χ1) is 10.2. The summed E-state index contributed by atoms with van der Waals surface area (Å²) in [6.07, 6.45) is 7.78. The number of thioether (sulfide) groups is 1. The predicted molar refractivity (Wildman–Crippen MR) is 87.1 cm³/mol. The number of nitrogens with two attached hydrogens (primary N) is 1. The lowest BCUT2D eigenvalue weighted by atomic mass is 10.2. The zero-order chi connectivity index (χ0) is 15.1. The van der Waals surface area contributed by atoms with Crippen molar-refractivity contribution in [2.45, 2.75) is 12.5 Å². The van der Waals surface area contributed by atoms with Crippen LogP contribution in [-0.2, 0) is 4.79 Å². The molecule has 1 atom stereocenters. The zero-order valence-electron chi connectivity index (χ0n) is 11.5. The first kappa shape index (κ1) is 15.7. The number of amides is 1. The minimum Gasteiger partial charge on any atom is -0.465 e. The molecule has 0 radical (unpaired) electrons. The van der Waals surface area contributed by atoms with Crippen LogP contribution in [0.1, 0.15) is 17.2 Å². The number of hydrogen-bond donors (Lipinski definition) is 2. The third kappa shape index (κ3) is 5.00. The first-order valence-electron chi connectivity index (χ1n) is 6.29. The van der Waals surface area contributed by atoms with Gasteiger partial charge in [0.2, 0.25) is 11.0 Å². The van der Waals surface area contributed by atoms with Crippen molar-refractivity contribution >= 4 is 46.3 Å². The van der Waals surface area contributed by atoms with Crippen LogP contribution in [0.5, 0.6) is 0 Å². The molecular weight excluding hydrogens is 308 g/mol. The lowest BCUT2D eigenvalue weighted by Gasteiger charge is -2.08. The van der Waals surface area contributed by atoms with Crippen molar-refractivity contribution in [2.75, 3.05) is 17.3 Å². The zero-order valence-corrected chi connectivity index (χ0v) is 13.1. The Labute approximate surface area is 130 Å². The van der Waals surface area contributed by atoms with Gasteiger partial charge in [0.1, 0.15) is 10.8 Å². The molecule has 0 aliphatic heterocycles. The predicted octanol–water partition coefficient (Wildman–Crippen LogP) is 2.32. The van der Waals surface area contributed by atoms with Gasteiger partial charge in [-0.2, -0.15) is 11.8 Å². The van der Waals surface area contributed by atoms with E-state index in [-0.39, 0.29) is 5.91 Å². The van der Waals surface area contributed by atoms with Crippen molar-refractivity contribution in [3.63, 3.8) is 0 Å². The smallest absolute Gasteiger partial charge is 0.243 e. The molecule has 0 bridgehead atoms. The normalized spacial score (nSPS) is 12.7. The number of hydrogen-bond acceptors (Lipinski definition) is 7. The second-order valence-corrected chi connectivity index (χ2v) is 6.17. The van der Waals surface area contributed by atoms with Crippen LogP contribution in [-0.4, -0.2) is 34.2 Å². The first-order valence-corrected chi connectivity index (χ1v) is 8.50. The minimum absolute atomic E-state index is 0.234. The number of nitrogens with zero attached hydrogens (tertiary/aromatic N) is 2. The highest BCUT2D eigenvalue weighted by atomic mass is 32.2. The second kappa shape index (κ2) is 7.96. The Kier molecular flexibility index (Phi) is 5.97. The van der Waals surface area contributed by atoms with E-state index in [1.807, 2.05) is 12.3 Å². The SMILES string of the molecule is CSCCC(N)C(=O)Nc1nnc(/C=C/c2ccco2)s1. The van der Waals surface area contributed by atoms with Gasteiger partial charge in [-0.1, -0.05) is 11.3 Å². The number of nitrogens with one attached hydrogen (secondary N) is 1. The van der Waals surface area contributed by atoms with Crippen LogP contribution in [0.2, 0.25) is 0 Å².